The molecule has 1 aliphatic carbocycles. The number of non-ortho nitro benzene ring substituents is 1. The summed E-state index contributed by atoms with van der Waals surface area (Å²) < 4.78 is 25.9. The fraction of sp³-hybridized carbons (Fsp3) is 0.576. The Bertz CT molecular complexity index is 1880. The number of nitro benzene ring substituents is 1. The molecule has 3 fully saturated rings. The molecule has 2 aliphatic heterocycles. The molecule has 18 nitrogen and oxygen atoms in total. The molecule has 0 bridgehead atoms. The van der Waals surface area contributed by atoms with E-state index in [1.807, 2.05) is 0 Å². The highest BCUT2D eigenvalue weighted by molar-refractivity contribution is 7.91. The number of hydrogen-bond acceptors (Lipinski definition) is 12. The smallest absolute Gasteiger partial charge is 0.287 e. The number of amides is 4. The number of aliphatic imine (C=N–C) groups is 1. The number of carbonyl (C=O) groups excluding carboxylic acids is 5. The number of Topliss-reactive ketones (excluding diaryl/α,β-unsaturated/α-hetero) is 1. The van der Waals surface area contributed by atoms with Gasteiger partial charge in [-0.05, 0) is 51.2 Å². The van der Waals surface area contributed by atoms with E-state index in [0.717, 1.165) is 44.2 Å². The molecule has 19 heteroatoms. The van der Waals surface area contributed by atoms with Gasteiger partial charge in [0, 0.05) is 30.7 Å². The van der Waals surface area contributed by atoms with Crippen LogP contribution in [-0.4, -0.2) is 103 Å². The Balaban J connectivity index is 1.53. The highest BCUT2D eigenvalue weighted by Gasteiger charge is 2.50. The number of carbonyl (C=O) groups is 5. The van der Waals surface area contributed by atoms with Crippen LogP contribution in [0.2, 0.25) is 0 Å². The van der Waals surface area contributed by atoms with Gasteiger partial charge in [0.2, 0.25) is 11.7 Å². The van der Waals surface area contributed by atoms with E-state index in [4.69, 9.17) is 5.73 Å². The van der Waals surface area contributed by atoms with Crippen LogP contribution in [0.3, 0.4) is 0 Å². The number of aromatic nitrogens is 3. The first kappa shape index (κ1) is 38.3. The molecule has 3 aliphatic rings. The van der Waals surface area contributed by atoms with Crippen LogP contribution in [0, 0.1) is 16.0 Å². The van der Waals surface area contributed by atoms with E-state index in [9.17, 15) is 47.6 Å². The number of benzene rings is 1. The van der Waals surface area contributed by atoms with Crippen LogP contribution in [0.4, 0.5) is 5.69 Å². The second kappa shape index (κ2) is 15.0. The lowest BCUT2D eigenvalue weighted by atomic mass is 9.85. The van der Waals surface area contributed by atoms with Gasteiger partial charge in [0.25, 0.3) is 23.4 Å². The van der Waals surface area contributed by atoms with Gasteiger partial charge in [0.1, 0.15) is 22.9 Å². The minimum absolute atomic E-state index is 0.00420. The Morgan fingerprint density at radius 2 is 1.73 bits per heavy atom. The van der Waals surface area contributed by atoms with Crippen LogP contribution >= 0.6 is 0 Å². The number of nitrogens with zero attached hydrogens (tertiary/aromatic N) is 6. The lowest BCUT2D eigenvalue weighted by molar-refractivity contribution is -0.384. The normalized spacial score (nSPS) is 22.1. The predicted molar refractivity (Wildman–Crippen MR) is 183 cm³/mol. The van der Waals surface area contributed by atoms with Crippen LogP contribution in [-0.2, 0) is 34.6 Å². The molecule has 5 rings (SSSR count). The fourth-order valence-electron chi connectivity index (χ4n) is 7.19. The second-order valence-electron chi connectivity index (χ2n) is 14.3. The van der Waals surface area contributed by atoms with E-state index < -0.39 is 91.7 Å². The highest BCUT2D eigenvalue weighted by atomic mass is 32.2. The third-order valence-electron chi connectivity index (χ3n) is 10.1. The fourth-order valence-corrected chi connectivity index (χ4v) is 8.71. The van der Waals surface area contributed by atoms with Gasteiger partial charge in [0.05, 0.1) is 34.4 Å². The summed E-state index contributed by atoms with van der Waals surface area (Å²) in [6, 6.07) is 2.69. The topological polar surface area (TPSA) is 267 Å². The van der Waals surface area contributed by atoms with Crippen molar-refractivity contribution in [1.29, 1.82) is 0 Å². The zero-order valence-corrected chi connectivity index (χ0v) is 29.7. The highest BCUT2D eigenvalue weighted by Crippen LogP contribution is 2.34. The molecule has 4 amide bonds. The van der Waals surface area contributed by atoms with E-state index in [-0.39, 0.29) is 48.0 Å². The van der Waals surface area contributed by atoms with Crippen LogP contribution < -0.4 is 11.1 Å². The van der Waals surface area contributed by atoms with Gasteiger partial charge < -0.3 is 21.1 Å². The summed E-state index contributed by atoms with van der Waals surface area (Å²) in [4.78, 5) is 83.5. The Labute approximate surface area is 299 Å². The summed E-state index contributed by atoms with van der Waals surface area (Å²) in [5.74, 6) is -5.94. The summed E-state index contributed by atoms with van der Waals surface area (Å²) in [7, 11) is -3.56. The van der Waals surface area contributed by atoms with Crippen molar-refractivity contribution in [2.24, 2.45) is 16.6 Å². The molecule has 1 aromatic carbocycles. The number of hydrogen-bond donors (Lipinski definition) is 3. The van der Waals surface area contributed by atoms with Gasteiger partial charge in [0.15, 0.2) is 9.84 Å². The van der Waals surface area contributed by atoms with Gasteiger partial charge in [-0.3, -0.25) is 34.1 Å². The average molecular weight is 743 g/mol. The molecule has 4 N–H and O–H groups in total. The average Bonchev–Trinajstić information content (AvgIpc) is 3.77. The summed E-state index contributed by atoms with van der Waals surface area (Å²) >= 11 is 0. The maximum Gasteiger partial charge on any atom is 0.287 e. The number of rotatable bonds is 11. The van der Waals surface area contributed by atoms with Gasteiger partial charge in [-0.15, -0.1) is 5.10 Å². The van der Waals surface area contributed by atoms with Crippen LogP contribution in [0.25, 0.3) is 0 Å². The molecular formula is C33H42N8O10S. The van der Waals surface area contributed by atoms with Crippen molar-refractivity contribution >= 4 is 50.6 Å². The minimum Gasteiger partial charge on any atom is -0.384 e. The van der Waals surface area contributed by atoms with Crippen molar-refractivity contribution in [3.05, 3.63) is 51.8 Å². The van der Waals surface area contributed by atoms with Crippen molar-refractivity contribution < 1.29 is 42.4 Å². The molecule has 3 heterocycles. The van der Waals surface area contributed by atoms with Crippen LogP contribution in [0.1, 0.15) is 93.7 Å². The molecular weight excluding hydrogens is 700 g/mol. The summed E-state index contributed by atoms with van der Waals surface area (Å²) in [5, 5.41) is 32.6. The lowest BCUT2D eigenvalue weighted by Gasteiger charge is -2.37. The molecule has 0 radical (unpaired) electrons. The largest absolute Gasteiger partial charge is 0.384 e. The number of sulfone groups is 1. The SMILES string of the molecule is CC(C)(O)c1cnnn1[C@H]1C[C@@H](C(=O)NC2(C(=O)C(N)=O)CCS(=O)(=O)CC2)N(C(=O)/C(CC2CCCCC2)=N/C(=O)c2ccc([N+](=O)[O-])cc2)C1. The van der Waals surface area contributed by atoms with Crippen LogP contribution in [0.15, 0.2) is 35.5 Å². The zero-order valence-electron chi connectivity index (χ0n) is 28.9. The maximum absolute atomic E-state index is 14.6. The standard InChI is InChI=1S/C33H42N8O10S/c1-32(2,47)26-18-35-38-40(26)23-17-25(30(45)37-33(27(42)28(34)43)12-14-52(50,51)15-13-33)39(19-23)31(46)24(16-20-6-4-3-5-7-20)36-29(44)21-8-10-22(11-9-21)41(48)49/h8-11,18,20,23,25,47H,3-7,12-17,19H2,1-2H3,(H2,34,43)(H,37,45)/b36-24+/t23-,25-/m0/s1. The van der Waals surface area contributed by atoms with Crippen molar-refractivity contribution in [3.63, 3.8) is 0 Å². The van der Waals surface area contributed by atoms with E-state index in [1.54, 1.807) is 0 Å². The minimum atomic E-state index is -3.56. The number of likely N-dealkylation sites (tertiary alicyclic amines) is 1. The monoisotopic (exact) mass is 742 g/mol. The van der Waals surface area contributed by atoms with E-state index in [2.05, 4.69) is 20.6 Å². The first-order valence-corrected chi connectivity index (χ1v) is 18.9. The quantitative estimate of drug-likeness (QED) is 0.126. The van der Waals surface area contributed by atoms with Crippen molar-refractivity contribution in [3.8, 4) is 0 Å². The van der Waals surface area contributed by atoms with Crippen molar-refractivity contribution in [2.45, 2.75) is 94.9 Å². The Kier molecular flexibility index (Phi) is 11.0. The molecule has 1 aromatic heterocycles. The zero-order chi connectivity index (χ0) is 38.0. The molecule has 280 valence electrons. The number of nitro groups is 1. The van der Waals surface area contributed by atoms with Crippen LogP contribution in [0.5, 0.6) is 0 Å². The van der Waals surface area contributed by atoms with E-state index in [1.165, 1.54) is 41.8 Å². The third kappa shape index (κ3) is 8.41. The molecule has 1 saturated carbocycles. The Morgan fingerprint density at radius 1 is 1.10 bits per heavy atom. The third-order valence-corrected chi connectivity index (χ3v) is 11.8. The number of ketones is 1. The van der Waals surface area contributed by atoms with Gasteiger partial charge in [-0.1, -0.05) is 37.3 Å². The van der Waals surface area contributed by atoms with Gasteiger partial charge in [-0.2, -0.15) is 0 Å². The van der Waals surface area contributed by atoms with Crippen molar-refractivity contribution in [1.82, 2.24) is 25.2 Å². The molecule has 2 atom stereocenters. The predicted octanol–water partition coefficient (Wildman–Crippen LogP) is 0.926. The Morgan fingerprint density at radius 3 is 2.31 bits per heavy atom. The van der Waals surface area contributed by atoms with Gasteiger partial charge in [-0.25, -0.2) is 18.1 Å². The Hall–Kier alpha value is -4.91. The van der Waals surface area contributed by atoms with Gasteiger partial charge >= 0.3 is 0 Å². The molecule has 2 saturated heterocycles. The van der Waals surface area contributed by atoms with E-state index in [0.29, 0.717) is 0 Å². The second-order valence-corrected chi connectivity index (χ2v) is 16.6. The lowest BCUT2D eigenvalue weighted by Crippen LogP contribution is -2.64. The summed E-state index contributed by atoms with van der Waals surface area (Å²) in [6.07, 6.45) is 4.94. The first-order valence-electron chi connectivity index (χ1n) is 17.1. The maximum atomic E-state index is 14.6. The molecule has 0 unspecified atom stereocenters. The first-order chi connectivity index (χ1) is 24.4. The molecule has 0 spiro atoms. The molecule has 52 heavy (non-hydrogen) atoms. The summed E-state index contributed by atoms with van der Waals surface area (Å²) in [5.41, 5.74) is 1.90. The summed E-state index contributed by atoms with van der Waals surface area (Å²) in [6.45, 7) is 2.86. The number of primary amides is 1. The number of aliphatic hydroxyl groups is 1. The van der Waals surface area contributed by atoms with Crippen molar-refractivity contribution in [2.75, 3.05) is 18.1 Å². The molecule has 2 aromatic rings. The number of nitrogens with two attached hydrogens (primary N) is 1. The number of nitrogens with one attached hydrogen (secondary N) is 1. The van der Waals surface area contributed by atoms with E-state index >= 15 is 0 Å².